The van der Waals surface area contributed by atoms with Gasteiger partial charge < -0.3 is 31.9 Å². The maximum absolute atomic E-state index is 13.0. The van der Waals surface area contributed by atoms with Gasteiger partial charge in [0.15, 0.2) is 0 Å². The second-order valence-electron chi connectivity index (χ2n) is 8.62. The smallest absolute Gasteiger partial charge is 0.326 e. The van der Waals surface area contributed by atoms with E-state index in [4.69, 9.17) is 5.73 Å². The lowest BCUT2D eigenvalue weighted by molar-refractivity contribution is -0.142. The van der Waals surface area contributed by atoms with Crippen LogP contribution in [-0.4, -0.2) is 64.7 Å². The third kappa shape index (κ3) is 8.75. The SMILES string of the molecule is CCC(C)C(N)C(=O)NC(C(=O)NC(CO)C(=O)NC(Cc1ccccc1)C(=O)O)C(C)CC. The van der Waals surface area contributed by atoms with Crippen LogP contribution in [0.15, 0.2) is 30.3 Å². The minimum absolute atomic E-state index is 0.0348. The largest absolute Gasteiger partial charge is 0.480 e. The van der Waals surface area contributed by atoms with E-state index in [-0.39, 0.29) is 18.3 Å². The van der Waals surface area contributed by atoms with Gasteiger partial charge in [-0.15, -0.1) is 0 Å². The Balaban J connectivity index is 2.90. The number of aliphatic hydroxyl groups excluding tert-OH is 1. The van der Waals surface area contributed by atoms with E-state index in [1.54, 1.807) is 37.3 Å². The highest BCUT2D eigenvalue weighted by molar-refractivity contribution is 5.94. The number of carbonyl (C=O) groups is 4. The van der Waals surface area contributed by atoms with Gasteiger partial charge in [-0.2, -0.15) is 0 Å². The van der Waals surface area contributed by atoms with Crippen molar-refractivity contribution in [3.8, 4) is 0 Å². The molecule has 0 radical (unpaired) electrons. The highest BCUT2D eigenvalue weighted by Crippen LogP contribution is 2.11. The number of hydrogen-bond acceptors (Lipinski definition) is 6. The molecule has 0 saturated carbocycles. The highest BCUT2D eigenvalue weighted by atomic mass is 16.4. The van der Waals surface area contributed by atoms with Gasteiger partial charge in [-0.25, -0.2) is 4.79 Å². The summed E-state index contributed by atoms with van der Waals surface area (Å²) in [6.07, 6.45) is 1.29. The Morgan fingerprint density at radius 3 is 1.91 bits per heavy atom. The molecule has 7 N–H and O–H groups in total. The highest BCUT2D eigenvalue weighted by Gasteiger charge is 2.33. The van der Waals surface area contributed by atoms with Crippen molar-refractivity contribution in [2.75, 3.05) is 6.61 Å². The van der Waals surface area contributed by atoms with Gasteiger partial charge in [0, 0.05) is 6.42 Å². The molecule has 190 valence electrons. The van der Waals surface area contributed by atoms with Crippen molar-refractivity contribution >= 4 is 23.7 Å². The van der Waals surface area contributed by atoms with Crippen molar-refractivity contribution in [2.24, 2.45) is 17.6 Å². The van der Waals surface area contributed by atoms with Crippen LogP contribution in [0.25, 0.3) is 0 Å². The molecule has 0 heterocycles. The molecular formula is C24H38N4O6. The molecule has 34 heavy (non-hydrogen) atoms. The first kappa shape index (κ1) is 29.1. The first-order chi connectivity index (χ1) is 16.0. The van der Waals surface area contributed by atoms with E-state index >= 15 is 0 Å². The van der Waals surface area contributed by atoms with E-state index in [2.05, 4.69) is 16.0 Å². The summed E-state index contributed by atoms with van der Waals surface area (Å²) in [7, 11) is 0. The molecule has 1 aromatic rings. The predicted molar refractivity (Wildman–Crippen MR) is 128 cm³/mol. The molecule has 3 amide bonds. The first-order valence-electron chi connectivity index (χ1n) is 11.6. The minimum atomic E-state index is -1.39. The number of carbonyl (C=O) groups excluding carboxylic acids is 3. The van der Waals surface area contributed by atoms with Gasteiger partial charge in [-0.05, 0) is 17.4 Å². The third-order valence-corrected chi connectivity index (χ3v) is 6.07. The second kappa shape index (κ2) is 14.3. The average molecular weight is 479 g/mol. The van der Waals surface area contributed by atoms with Crippen molar-refractivity contribution in [3.05, 3.63) is 35.9 Å². The molecule has 0 aliphatic carbocycles. The topological polar surface area (TPSA) is 171 Å². The summed E-state index contributed by atoms with van der Waals surface area (Å²) < 4.78 is 0. The molecule has 6 atom stereocenters. The molecule has 10 heteroatoms. The van der Waals surface area contributed by atoms with Crippen molar-refractivity contribution in [1.29, 1.82) is 0 Å². The molecule has 0 spiro atoms. The Kier molecular flexibility index (Phi) is 12.2. The van der Waals surface area contributed by atoms with Crippen LogP contribution in [-0.2, 0) is 25.6 Å². The standard InChI is InChI=1S/C24H38N4O6/c1-5-14(3)19(25)22(31)28-20(15(4)6-2)23(32)27-18(13-29)21(30)26-17(24(33)34)12-16-10-8-7-9-11-16/h7-11,14-15,17-20,29H,5-6,12-13,25H2,1-4H3,(H,26,30)(H,27,32)(H,28,31)(H,33,34). The first-order valence-corrected chi connectivity index (χ1v) is 11.6. The summed E-state index contributed by atoms with van der Waals surface area (Å²) >= 11 is 0. The lowest BCUT2D eigenvalue weighted by Crippen LogP contribution is -2.60. The van der Waals surface area contributed by atoms with Crippen LogP contribution in [0.4, 0.5) is 0 Å². The summed E-state index contributed by atoms with van der Waals surface area (Å²) in [6.45, 7) is 6.62. The van der Waals surface area contributed by atoms with Gasteiger partial charge in [0.1, 0.15) is 18.1 Å². The van der Waals surface area contributed by atoms with Crippen molar-refractivity contribution in [2.45, 2.75) is 71.1 Å². The van der Waals surface area contributed by atoms with Crippen LogP contribution in [0.3, 0.4) is 0 Å². The van der Waals surface area contributed by atoms with Crippen molar-refractivity contribution in [1.82, 2.24) is 16.0 Å². The molecule has 10 nitrogen and oxygen atoms in total. The monoisotopic (exact) mass is 478 g/mol. The maximum atomic E-state index is 13.0. The lowest BCUT2D eigenvalue weighted by atomic mass is 9.95. The molecule has 1 aromatic carbocycles. The molecule has 0 bridgehead atoms. The van der Waals surface area contributed by atoms with Gasteiger partial charge in [0.2, 0.25) is 17.7 Å². The number of hydrogen-bond donors (Lipinski definition) is 6. The number of aliphatic hydroxyl groups is 1. The van der Waals surface area contributed by atoms with Gasteiger partial charge >= 0.3 is 5.97 Å². The molecule has 0 aliphatic heterocycles. The Morgan fingerprint density at radius 2 is 1.41 bits per heavy atom. The number of nitrogens with one attached hydrogen (secondary N) is 3. The van der Waals surface area contributed by atoms with Crippen molar-refractivity contribution in [3.63, 3.8) is 0 Å². The summed E-state index contributed by atoms with van der Waals surface area (Å²) in [4.78, 5) is 49.8. The molecule has 0 aliphatic rings. The molecule has 0 aromatic heterocycles. The fourth-order valence-electron chi connectivity index (χ4n) is 3.24. The van der Waals surface area contributed by atoms with Crippen LogP contribution in [0.1, 0.15) is 46.1 Å². The quantitative estimate of drug-likeness (QED) is 0.221. The number of aliphatic carboxylic acids is 1. The zero-order valence-corrected chi connectivity index (χ0v) is 20.3. The van der Waals surface area contributed by atoms with Gasteiger partial charge in [0.05, 0.1) is 12.6 Å². The van der Waals surface area contributed by atoms with E-state index < -0.39 is 54.5 Å². The summed E-state index contributed by atoms with van der Waals surface area (Å²) in [5.41, 5.74) is 6.69. The Labute approximate surface area is 200 Å². The number of carboxylic acid groups (broad SMARTS) is 1. The molecule has 0 fully saturated rings. The minimum Gasteiger partial charge on any atom is -0.480 e. The zero-order chi connectivity index (χ0) is 25.8. The maximum Gasteiger partial charge on any atom is 0.326 e. The number of carboxylic acids is 1. The van der Waals surface area contributed by atoms with E-state index in [0.717, 1.165) is 0 Å². The summed E-state index contributed by atoms with van der Waals surface area (Å²) in [6, 6.07) is 4.35. The molecule has 0 saturated heterocycles. The van der Waals surface area contributed by atoms with Crippen LogP contribution in [0, 0.1) is 11.8 Å². The van der Waals surface area contributed by atoms with E-state index in [0.29, 0.717) is 18.4 Å². The van der Waals surface area contributed by atoms with E-state index in [1.807, 2.05) is 20.8 Å². The summed E-state index contributed by atoms with van der Waals surface area (Å²) in [5.74, 6) is -3.60. The van der Waals surface area contributed by atoms with E-state index in [1.165, 1.54) is 0 Å². The zero-order valence-electron chi connectivity index (χ0n) is 20.3. The predicted octanol–water partition coefficient (Wildman–Crippen LogP) is 0.180. The van der Waals surface area contributed by atoms with Gasteiger partial charge in [-0.3, -0.25) is 14.4 Å². The molecular weight excluding hydrogens is 440 g/mol. The molecule has 6 unspecified atom stereocenters. The summed E-state index contributed by atoms with van der Waals surface area (Å²) in [5, 5.41) is 26.7. The van der Waals surface area contributed by atoms with E-state index in [9.17, 15) is 29.4 Å². The molecule has 1 rings (SSSR count). The van der Waals surface area contributed by atoms with Gasteiger partial charge in [0.25, 0.3) is 0 Å². The number of benzene rings is 1. The normalized spacial score (nSPS) is 16.3. The van der Waals surface area contributed by atoms with Crippen LogP contribution < -0.4 is 21.7 Å². The third-order valence-electron chi connectivity index (χ3n) is 6.07. The number of nitrogens with two attached hydrogens (primary N) is 1. The van der Waals surface area contributed by atoms with Crippen molar-refractivity contribution < 1.29 is 29.4 Å². The average Bonchev–Trinajstić information content (AvgIpc) is 2.83. The van der Waals surface area contributed by atoms with Crippen LogP contribution >= 0.6 is 0 Å². The fourth-order valence-corrected chi connectivity index (χ4v) is 3.24. The van der Waals surface area contributed by atoms with Crippen LogP contribution in [0.2, 0.25) is 0 Å². The number of amides is 3. The fraction of sp³-hybridized carbons (Fsp3) is 0.583. The Bertz CT molecular complexity index is 819. The second-order valence-corrected chi connectivity index (χ2v) is 8.62. The van der Waals surface area contributed by atoms with Gasteiger partial charge in [-0.1, -0.05) is 70.9 Å². The Hall–Kier alpha value is -2.98. The number of rotatable bonds is 14. The van der Waals surface area contributed by atoms with Crippen LogP contribution in [0.5, 0.6) is 0 Å². The Morgan fingerprint density at radius 1 is 0.853 bits per heavy atom. The lowest BCUT2D eigenvalue weighted by Gasteiger charge is -2.28.